The highest BCUT2D eigenvalue weighted by Gasteiger charge is 2.24. The minimum absolute atomic E-state index is 0.0713. The molecular formula is C30H37N3O4S. The van der Waals surface area contributed by atoms with Crippen LogP contribution in [-0.4, -0.2) is 52.6 Å². The molecule has 3 N–H and O–H groups in total. The maximum absolute atomic E-state index is 12.8. The molecule has 0 unspecified atom stereocenters. The predicted octanol–water partition coefficient (Wildman–Crippen LogP) is 5.39. The third kappa shape index (κ3) is 10.8. The van der Waals surface area contributed by atoms with Gasteiger partial charge in [0.05, 0.1) is 6.54 Å². The first-order valence-electron chi connectivity index (χ1n) is 12.7. The molecule has 0 saturated heterocycles. The summed E-state index contributed by atoms with van der Waals surface area (Å²) >= 11 is 5.40. The molecule has 202 valence electrons. The fourth-order valence-corrected chi connectivity index (χ4v) is 3.76. The Morgan fingerprint density at radius 3 is 2.21 bits per heavy atom. The number of amides is 1. The van der Waals surface area contributed by atoms with Gasteiger partial charge < -0.3 is 30.1 Å². The maximum atomic E-state index is 12.8. The molecule has 0 aliphatic heterocycles. The van der Waals surface area contributed by atoms with Crippen LogP contribution in [0.4, 0.5) is 10.5 Å². The van der Waals surface area contributed by atoms with Gasteiger partial charge in [-0.25, -0.2) is 4.79 Å². The molecule has 8 heteroatoms. The molecule has 0 aromatic heterocycles. The van der Waals surface area contributed by atoms with Crippen LogP contribution in [0.25, 0.3) is 0 Å². The summed E-state index contributed by atoms with van der Waals surface area (Å²) in [5, 5.41) is 17.5. The molecule has 3 aromatic carbocycles. The molecule has 0 aliphatic carbocycles. The van der Waals surface area contributed by atoms with E-state index in [0.717, 1.165) is 16.8 Å². The summed E-state index contributed by atoms with van der Waals surface area (Å²) in [6.45, 7) is 6.67. The van der Waals surface area contributed by atoms with Crippen LogP contribution in [0.2, 0.25) is 0 Å². The van der Waals surface area contributed by atoms with E-state index in [1.807, 2.05) is 106 Å². The second-order valence-electron chi connectivity index (χ2n) is 9.94. The number of anilines is 1. The summed E-state index contributed by atoms with van der Waals surface area (Å²) in [7, 11) is 0. The molecule has 3 aromatic rings. The van der Waals surface area contributed by atoms with Crippen LogP contribution in [0.5, 0.6) is 5.75 Å². The maximum Gasteiger partial charge on any atom is 0.410 e. The van der Waals surface area contributed by atoms with Crippen molar-refractivity contribution in [1.29, 1.82) is 0 Å². The van der Waals surface area contributed by atoms with Gasteiger partial charge in [0.1, 0.15) is 24.1 Å². The van der Waals surface area contributed by atoms with Crippen LogP contribution >= 0.6 is 12.2 Å². The number of aliphatic hydroxyl groups excluding tert-OH is 1. The van der Waals surface area contributed by atoms with Crippen molar-refractivity contribution < 1.29 is 19.4 Å². The summed E-state index contributed by atoms with van der Waals surface area (Å²) in [5.74, 6) is 0.666. The van der Waals surface area contributed by atoms with Crippen molar-refractivity contribution in [2.75, 3.05) is 25.0 Å². The molecule has 0 aliphatic rings. The first-order valence-corrected chi connectivity index (χ1v) is 13.1. The van der Waals surface area contributed by atoms with E-state index in [9.17, 15) is 9.90 Å². The molecule has 38 heavy (non-hydrogen) atoms. The smallest absolute Gasteiger partial charge is 0.410 e. The van der Waals surface area contributed by atoms with Crippen LogP contribution in [-0.2, 0) is 17.7 Å². The molecule has 0 saturated carbocycles. The average molecular weight is 536 g/mol. The van der Waals surface area contributed by atoms with Crippen LogP contribution in [0, 0.1) is 0 Å². The molecule has 7 nitrogen and oxygen atoms in total. The molecule has 1 atom stereocenters. The zero-order valence-corrected chi connectivity index (χ0v) is 23.0. The lowest BCUT2D eigenvalue weighted by atomic mass is 10.1. The van der Waals surface area contributed by atoms with Gasteiger partial charge >= 0.3 is 6.09 Å². The van der Waals surface area contributed by atoms with Gasteiger partial charge in [0, 0.05) is 18.8 Å². The SMILES string of the molecule is CC(C)(C)OC(=O)N(CCc1ccc(NC(=S)NCc2ccccc2)cc1)C[C@H](O)COc1ccccc1. The number of benzene rings is 3. The summed E-state index contributed by atoms with van der Waals surface area (Å²) < 4.78 is 11.2. The van der Waals surface area contributed by atoms with Crippen molar-refractivity contribution >= 4 is 29.1 Å². The number of carbonyl (C=O) groups excluding carboxylic acids is 1. The minimum atomic E-state index is -0.862. The van der Waals surface area contributed by atoms with Crippen molar-refractivity contribution in [3.8, 4) is 5.75 Å². The van der Waals surface area contributed by atoms with Gasteiger partial charge in [-0.15, -0.1) is 0 Å². The number of nitrogens with one attached hydrogen (secondary N) is 2. The Bertz CT molecular complexity index is 1140. The second-order valence-corrected chi connectivity index (χ2v) is 10.4. The first-order chi connectivity index (χ1) is 18.2. The van der Waals surface area contributed by atoms with E-state index in [4.69, 9.17) is 21.7 Å². The van der Waals surface area contributed by atoms with E-state index < -0.39 is 17.8 Å². The standard InChI is InChI=1S/C30H37N3O4S/c1-30(2,3)37-29(35)33(21-26(34)22-36-27-12-8-5-9-13-27)19-18-23-14-16-25(17-15-23)32-28(38)31-20-24-10-6-4-7-11-24/h4-17,26,34H,18-22H2,1-3H3,(H2,31,32,38)/t26-/m0/s1. The van der Waals surface area contributed by atoms with Gasteiger partial charge in [-0.3, -0.25) is 0 Å². The quantitative estimate of drug-likeness (QED) is 0.284. The number of hydrogen-bond donors (Lipinski definition) is 3. The van der Waals surface area contributed by atoms with Crippen molar-refractivity contribution in [3.63, 3.8) is 0 Å². The zero-order valence-electron chi connectivity index (χ0n) is 22.2. The van der Waals surface area contributed by atoms with Crippen LogP contribution in [0.1, 0.15) is 31.9 Å². The molecular weight excluding hydrogens is 498 g/mol. The third-order valence-corrected chi connectivity index (χ3v) is 5.69. The summed E-state index contributed by atoms with van der Waals surface area (Å²) in [6, 6.07) is 27.2. The second kappa shape index (κ2) is 14.4. The van der Waals surface area contributed by atoms with Gasteiger partial charge in [-0.2, -0.15) is 0 Å². The van der Waals surface area contributed by atoms with Gasteiger partial charge in [0.2, 0.25) is 0 Å². The monoisotopic (exact) mass is 535 g/mol. The number of aliphatic hydroxyl groups is 1. The lowest BCUT2D eigenvalue weighted by Crippen LogP contribution is -2.43. The largest absolute Gasteiger partial charge is 0.491 e. The van der Waals surface area contributed by atoms with E-state index in [2.05, 4.69) is 10.6 Å². The molecule has 3 rings (SSSR count). The highest BCUT2D eigenvalue weighted by molar-refractivity contribution is 7.80. The van der Waals surface area contributed by atoms with Gasteiger partial charge in [-0.05, 0) is 74.8 Å². The van der Waals surface area contributed by atoms with Crippen molar-refractivity contribution in [2.24, 2.45) is 0 Å². The predicted molar refractivity (Wildman–Crippen MR) is 155 cm³/mol. The molecule has 0 spiro atoms. The number of hydrogen-bond acceptors (Lipinski definition) is 5. The number of rotatable bonds is 11. The van der Waals surface area contributed by atoms with Gasteiger partial charge in [-0.1, -0.05) is 60.7 Å². The lowest BCUT2D eigenvalue weighted by molar-refractivity contribution is 0.00945. The fourth-order valence-electron chi connectivity index (χ4n) is 3.57. The topological polar surface area (TPSA) is 83.1 Å². The van der Waals surface area contributed by atoms with E-state index in [-0.39, 0.29) is 13.2 Å². The highest BCUT2D eigenvalue weighted by Crippen LogP contribution is 2.14. The van der Waals surface area contributed by atoms with Gasteiger partial charge in [0.25, 0.3) is 0 Å². The summed E-state index contributed by atoms with van der Waals surface area (Å²) in [6.07, 6.45) is -0.731. The van der Waals surface area contributed by atoms with E-state index in [0.29, 0.717) is 30.4 Å². The molecule has 0 fully saturated rings. The van der Waals surface area contributed by atoms with E-state index in [1.165, 1.54) is 4.90 Å². The number of nitrogens with zero attached hydrogens (tertiary/aromatic N) is 1. The molecule has 0 heterocycles. The Balaban J connectivity index is 1.51. The van der Waals surface area contributed by atoms with E-state index in [1.54, 1.807) is 0 Å². The Morgan fingerprint density at radius 2 is 1.58 bits per heavy atom. The number of para-hydroxylation sites is 1. The molecule has 0 bridgehead atoms. The molecule has 0 radical (unpaired) electrons. The number of ether oxygens (including phenoxy) is 2. The van der Waals surface area contributed by atoms with Crippen LogP contribution in [0.15, 0.2) is 84.9 Å². The summed E-state index contributed by atoms with van der Waals surface area (Å²) in [5.41, 5.74) is 2.43. The van der Waals surface area contributed by atoms with Crippen molar-refractivity contribution in [3.05, 3.63) is 96.1 Å². The summed E-state index contributed by atoms with van der Waals surface area (Å²) in [4.78, 5) is 14.4. The van der Waals surface area contributed by atoms with Gasteiger partial charge in [0.15, 0.2) is 5.11 Å². The van der Waals surface area contributed by atoms with Crippen LogP contribution < -0.4 is 15.4 Å². The zero-order chi connectivity index (χ0) is 27.4. The Kier molecular flexibility index (Phi) is 10.9. The fraction of sp³-hybridized carbons (Fsp3) is 0.333. The Hall–Kier alpha value is -3.62. The molecule has 1 amide bonds. The minimum Gasteiger partial charge on any atom is -0.491 e. The Labute approximate surface area is 230 Å². The third-order valence-electron chi connectivity index (χ3n) is 5.45. The van der Waals surface area contributed by atoms with Crippen LogP contribution in [0.3, 0.4) is 0 Å². The number of thiocarbonyl (C=S) groups is 1. The first kappa shape index (κ1) is 28.9. The lowest BCUT2D eigenvalue weighted by Gasteiger charge is -2.29. The normalized spacial score (nSPS) is 11.8. The van der Waals surface area contributed by atoms with Crippen molar-refractivity contribution in [1.82, 2.24) is 10.2 Å². The highest BCUT2D eigenvalue weighted by atomic mass is 32.1. The average Bonchev–Trinajstić information content (AvgIpc) is 2.89. The Morgan fingerprint density at radius 1 is 0.947 bits per heavy atom. The van der Waals surface area contributed by atoms with E-state index >= 15 is 0 Å². The number of carbonyl (C=O) groups is 1. The van der Waals surface area contributed by atoms with Crippen molar-refractivity contribution in [2.45, 2.75) is 45.4 Å².